The van der Waals surface area contributed by atoms with Crippen molar-refractivity contribution in [2.24, 2.45) is 0 Å². The third kappa shape index (κ3) is 3.36. The van der Waals surface area contributed by atoms with E-state index in [4.69, 9.17) is 5.26 Å². The van der Waals surface area contributed by atoms with Gasteiger partial charge in [0.2, 0.25) is 0 Å². The van der Waals surface area contributed by atoms with Gasteiger partial charge in [-0.1, -0.05) is 12.1 Å². The summed E-state index contributed by atoms with van der Waals surface area (Å²) in [6.07, 6.45) is 1.60. The lowest BCUT2D eigenvalue weighted by Gasteiger charge is -2.12. The largest absolute Gasteiger partial charge is 0.378 e. The zero-order valence-electron chi connectivity index (χ0n) is 11.1. The van der Waals surface area contributed by atoms with Crippen LogP contribution >= 0.6 is 0 Å². The summed E-state index contributed by atoms with van der Waals surface area (Å²) in [5.41, 5.74) is 2.05. The van der Waals surface area contributed by atoms with Gasteiger partial charge < -0.3 is 9.80 Å². The van der Waals surface area contributed by atoms with Crippen LogP contribution in [0.5, 0.6) is 0 Å². The third-order valence-electron chi connectivity index (χ3n) is 2.48. The molecule has 0 atom stereocenters. The molecule has 18 heavy (non-hydrogen) atoms. The Morgan fingerprint density at radius 3 is 2.11 bits per heavy atom. The molecule has 0 heterocycles. The van der Waals surface area contributed by atoms with Gasteiger partial charge in [0, 0.05) is 33.9 Å². The molecule has 0 saturated carbocycles. The van der Waals surface area contributed by atoms with E-state index in [1.54, 1.807) is 20.2 Å². The van der Waals surface area contributed by atoms with Crippen LogP contribution in [0, 0.1) is 11.3 Å². The second kappa shape index (κ2) is 5.87. The maximum atomic E-state index is 11.7. The lowest BCUT2D eigenvalue weighted by Crippen LogP contribution is -2.22. The fourth-order valence-corrected chi connectivity index (χ4v) is 1.42. The van der Waals surface area contributed by atoms with Gasteiger partial charge in [0.25, 0.3) is 5.91 Å². The predicted octanol–water partition coefficient (Wildman–Crippen LogP) is 1.75. The summed E-state index contributed by atoms with van der Waals surface area (Å²) in [5, 5.41) is 8.98. The van der Waals surface area contributed by atoms with Crippen LogP contribution in [0.15, 0.2) is 29.8 Å². The first-order valence-corrected chi connectivity index (χ1v) is 5.56. The van der Waals surface area contributed by atoms with E-state index in [9.17, 15) is 4.79 Å². The maximum absolute atomic E-state index is 11.7. The Balaban J connectivity index is 3.01. The molecule has 1 amide bonds. The number of hydrogen-bond donors (Lipinski definition) is 0. The standard InChI is InChI=1S/C14H17N3O/c1-16(2)13-7-5-11(6-8-13)9-12(10-15)14(18)17(3)4/h5-9H,1-4H3/b12-9+. The van der Waals surface area contributed by atoms with Crippen LogP contribution in [0.2, 0.25) is 0 Å². The normalized spacial score (nSPS) is 10.7. The van der Waals surface area contributed by atoms with Crippen LogP contribution < -0.4 is 4.90 Å². The molecule has 1 aromatic rings. The molecule has 0 saturated heterocycles. The van der Waals surface area contributed by atoms with Gasteiger partial charge in [-0.15, -0.1) is 0 Å². The number of amides is 1. The summed E-state index contributed by atoms with van der Waals surface area (Å²) in [5.74, 6) is -0.283. The minimum absolute atomic E-state index is 0.137. The molecule has 0 bridgehead atoms. The summed E-state index contributed by atoms with van der Waals surface area (Å²) >= 11 is 0. The summed E-state index contributed by atoms with van der Waals surface area (Å²) < 4.78 is 0. The first-order chi connectivity index (χ1) is 8.45. The highest BCUT2D eigenvalue weighted by molar-refractivity contribution is 6.01. The van der Waals surface area contributed by atoms with Crippen molar-refractivity contribution in [3.63, 3.8) is 0 Å². The van der Waals surface area contributed by atoms with Gasteiger partial charge in [-0.2, -0.15) is 5.26 Å². The zero-order valence-corrected chi connectivity index (χ0v) is 11.1. The van der Waals surface area contributed by atoms with E-state index in [1.165, 1.54) is 4.90 Å². The summed E-state index contributed by atoms with van der Waals surface area (Å²) in [7, 11) is 7.17. The van der Waals surface area contributed by atoms with Gasteiger partial charge in [-0.25, -0.2) is 0 Å². The highest BCUT2D eigenvalue weighted by Gasteiger charge is 2.10. The van der Waals surface area contributed by atoms with E-state index >= 15 is 0 Å². The van der Waals surface area contributed by atoms with Crippen LogP contribution in [0.3, 0.4) is 0 Å². The van der Waals surface area contributed by atoms with Gasteiger partial charge in [-0.3, -0.25) is 4.79 Å². The number of carbonyl (C=O) groups excluding carboxylic acids is 1. The molecule has 0 aliphatic heterocycles. The van der Waals surface area contributed by atoms with Crippen molar-refractivity contribution in [1.82, 2.24) is 4.90 Å². The highest BCUT2D eigenvalue weighted by Crippen LogP contribution is 2.15. The van der Waals surface area contributed by atoms with Crippen molar-refractivity contribution in [3.8, 4) is 6.07 Å². The molecule has 0 spiro atoms. The lowest BCUT2D eigenvalue weighted by molar-refractivity contribution is -0.124. The number of anilines is 1. The van der Waals surface area contributed by atoms with Crippen molar-refractivity contribution >= 4 is 17.7 Å². The number of nitriles is 1. The number of likely N-dealkylation sites (N-methyl/N-ethyl adjacent to an activating group) is 1. The molecule has 4 heteroatoms. The molecule has 0 N–H and O–H groups in total. The second-order valence-electron chi connectivity index (χ2n) is 4.36. The van der Waals surface area contributed by atoms with E-state index in [0.717, 1.165) is 11.3 Å². The summed E-state index contributed by atoms with van der Waals surface area (Å²) in [6, 6.07) is 9.59. The van der Waals surface area contributed by atoms with Crippen molar-refractivity contribution in [2.75, 3.05) is 33.1 Å². The van der Waals surface area contributed by atoms with Crippen LogP contribution in [0.4, 0.5) is 5.69 Å². The topological polar surface area (TPSA) is 47.3 Å². The van der Waals surface area contributed by atoms with E-state index in [2.05, 4.69) is 0 Å². The molecular formula is C14H17N3O. The fourth-order valence-electron chi connectivity index (χ4n) is 1.42. The Labute approximate surface area is 108 Å². The Morgan fingerprint density at radius 1 is 1.17 bits per heavy atom. The smallest absolute Gasteiger partial charge is 0.264 e. The van der Waals surface area contributed by atoms with Gasteiger partial charge >= 0.3 is 0 Å². The fraction of sp³-hybridized carbons (Fsp3) is 0.286. The number of hydrogen-bond acceptors (Lipinski definition) is 3. The molecule has 94 valence electrons. The Bertz CT molecular complexity index is 493. The molecule has 0 unspecified atom stereocenters. The zero-order chi connectivity index (χ0) is 13.7. The minimum Gasteiger partial charge on any atom is -0.378 e. The van der Waals surface area contributed by atoms with Crippen molar-refractivity contribution in [3.05, 3.63) is 35.4 Å². The first-order valence-electron chi connectivity index (χ1n) is 5.56. The molecule has 0 fully saturated rings. The lowest BCUT2D eigenvalue weighted by atomic mass is 10.1. The number of carbonyl (C=O) groups is 1. The average Bonchev–Trinajstić information content (AvgIpc) is 2.35. The van der Waals surface area contributed by atoms with E-state index in [0.29, 0.717) is 0 Å². The molecule has 0 aromatic heterocycles. The molecule has 0 aliphatic rings. The molecule has 4 nitrogen and oxygen atoms in total. The maximum Gasteiger partial charge on any atom is 0.264 e. The predicted molar refractivity (Wildman–Crippen MR) is 73.1 cm³/mol. The van der Waals surface area contributed by atoms with Crippen LogP contribution in [0.25, 0.3) is 6.08 Å². The first kappa shape index (κ1) is 13.8. The monoisotopic (exact) mass is 243 g/mol. The van der Waals surface area contributed by atoms with Gasteiger partial charge in [-0.05, 0) is 23.8 Å². The van der Waals surface area contributed by atoms with Crippen LogP contribution in [-0.2, 0) is 4.79 Å². The molecule has 0 radical (unpaired) electrons. The number of benzene rings is 1. The SMILES string of the molecule is CN(C)C(=O)/C(C#N)=C/c1ccc(N(C)C)cc1. The molecule has 1 rings (SSSR count). The van der Waals surface area contributed by atoms with E-state index in [1.807, 2.05) is 49.3 Å². The quantitative estimate of drug-likeness (QED) is 0.600. The van der Waals surface area contributed by atoms with Gasteiger partial charge in [0.1, 0.15) is 11.6 Å². The summed E-state index contributed by atoms with van der Waals surface area (Å²) in [6.45, 7) is 0. The minimum atomic E-state index is -0.283. The second-order valence-corrected chi connectivity index (χ2v) is 4.36. The molecule has 1 aromatic carbocycles. The highest BCUT2D eigenvalue weighted by atomic mass is 16.2. The number of nitrogens with zero attached hydrogens (tertiary/aromatic N) is 3. The van der Waals surface area contributed by atoms with Crippen molar-refractivity contribution in [1.29, 1.82) is 5.26 Å². The third-order valence-corrected chi connectivity index (χ3v) is 2.48. The van der Waals surface area contributed by atoms with Gasteiger partial charge in [0.15, 0.2) is 0 Å². The van der Waals surface area contributed by atoms with Crippen molar-refractivity contribution < 1.29 is 4.79 Å². The van der Waals surface area contributed by atoms with Crippen LogP contribution in [-0.4, -0.2) is 39.0 Å². The van der Waals surface area contributed by atoms with E-state index in [-0.39, 0.29) is 11.5 Å². The molecular weight excluding hydrogens is 226 g/mol. The Kier molecular flexibility index (Phi) is 4.50. The van der Waals surface area contributed by atoms with Crippen molar-refractivity contribution in [2.45, 2.75) is 0 Å². The Hall–Kier alpha value is -2.28. The number of rotatable bonds is 3. The van der Waals surface area contributed by atoms with Crippen LogP contribution in [0.1, 0.15) is 5.56 Å². The average molecular weight is 243 g/mol. The Morgan fingerprint density at radius 2 is 1.72 bits per heavy atom. The van der Waals surface area contributed by atoms with E-state index < -0.39 is 0 Å². The molecule has 0 aliphatic carbocycles. The summed E-state index contributed by atoms with van der Waals surface area (Å²) in [4.78, 5) is 15.1. The van der Waals surface area contributed by atoms with Gasteiger partial charge in [0.05, 0.1) is 0 Å².